The van der Waals surface area contributed by atoms with Crippen LogP contribution in [0.25, 0.3) is 21.7 Å². The summed E-state index contributed by atoms with van der Waals surface area (Å²) in [5.74, 6) is -1.19. The molecule has 3 N–H and O–H groups in total. The van der Waals surface area contributed by atoms with Crippen LogP contribution in [-0.2, 0) is 16.0 Å². The van der Waals surface area contributed by atoms with Crippen molar-refractivity contribution in [3.05, 3.63) is 77.5 Å². The summed E-state index contributed by atoms with van der Waals surface area (Å²) in [6.45, 7) is 4.07. The van der Waals surface area contributed by atoms with Crippen LogP contribution in [0.5, 0.6) is 0 Å². The first-order chi connectivity index (χ1) is 14.9. The first-order valence-corrected chi connectivity index (χ1v) is 11.1. The molecule has 4 aromatic rings. The number of hydrogen-bond donors (Lipinski definition) is 3. The zero-order chi connectivity index (χ0) is 22.0. The zero-order valence-electron chi connectivity index (χ0n) is 17.4. The summed E-state index contributed by atoms with van der Waals surface area (Å²) < 4.78 is 0. The Morgan fingerprint density at radius 3 is 2.58 bits per heavy atom. The number of thioether (sulfide) groups is 1. The van der Waals surface area contributed by atoms with Crippen LogP contribution >= 0.6 is 11.8 Å². The van der Waals surface area contributed by atoms with Gasteiger partial charge in [0.25, 0.3) is 0 Å². The third-order valence-electron chi connectivity index (χ3n) is 5.32. The number of aliphatic carboxylic acids is 1. The molecule has 0 saturated heterocycles. The number of carboxylic acid groups (broad SMARTS) is 1. The lowest BCUT2D eigenvalue weighted by molar-refractivity contribution is -0.141. The molecule has 3 aromatic carbocycles. The van der Waals surface area contributed by atoms with Crippen LogP contribution < -0.4 is 5.32 Å². The van der Waals surface area contributed by atoms with Gasteiger partial charge in [0.15, 0.2) is 0 Å². The Bertz CT molecular complexity index is 1270. The number of hydrogen-bond acceptors (Lipinski definition) is 3. The number of benzene rings is 3. The van der Waals surface area contributed by atoms with E-state index in [4.69, 9.17) is 0 Å². The number of aromatic amines is 1. The van der Waals surface area contributed by atoms with Gasteiger partial charge in [-0.2, -0.15) is 0 Å². The molecule has 0 aliphatic heterocycles. The van der Waals surface area contributed by atoms with Crippen molar-refractivity contribution in [2.45, 2.75) is 31.2 Å². The van der Waals surface area contributed by atoms with Crippen molar-refractivity contribution >= 4 is 45.3 Å². The highest BCUT2D eigenvalue weighted by atomic mass is 32.2. The van der Waals surface area contributed by atoms with Crippen molar-refractivity contribution in [1.29, 1.82) is 0 Å². The minimum Gasteiger partial charge on any atom is -0.480 e. The number of carbonyl (C=O) groups excluding carboxylic acids is 1. The number of carbonyl (C=O) groups is 2. The molecular weight excluding hydrogens is 408 g/mol. The van der Waals surface area contributed by atoms with Crippen LogP contribution in [0.1, 0.15) is 16.8 Å². The van der Waals surface area contributed by atoms with Crippen LogP contribution in [0, 0.1) is 13.8 Å². The van der Waals surface area contributed by atoms with Gasteiger partial charge in [0.1, 0.15) is 6.04 Å². The van der Waals surface area contributed by atoms with Crippen LogP contribution in [0.4, 0.5) is 0 Å². The minimum atomic E-state index is -1.05. The van der Waals surface area contributed by atoms with Crippen molar-refractivity contribution in [1.82, 2.24) is 10.3 Å². The summed E-state index contributed by atoms with van der Waals surface area (Å²) in [6.07, 6.45) is 0.201. The maximum atomic E-state index is 12.6. The normalized spacial score (nSPS) is 12.2. The van der Waals surface area contributed by atoms with E-state index in [1.54, 1.807) is 0 Å². The predicted molar refractivity (Wildman–Crippen MR) is 126 cm³/mol. The van der Waals surface area contributed by atoms with E-state index >= 15 is 0 Å². The lowest BCUT2D eigenvalue weighted by Gasteiger charge is -2.14. The zero-order valence-corrected chi connectivity index (χ0v) is 18.3. The molecule has 1 atom stereocenters. The quantitative estimate of drug-likeness (QED) is 0.365. The fraction of sp³-hybridized carbons (Fsp3) is 0.200. The van der Waals surface area contributed by atoms with Crippen LogP contribution in [0.15, 0.2) is 65.6 Å². The second-order valence-electron chi connectivity index (χ2n) is 7.77. The highest BCUT2D eigenvalue weighted by Crippen LogP contribution is 2.30. The van der Waals surface area contributed by atoms with E-state index in [0.717, 1.165) is 43.4 Å². The van der Waals surface area contributed by atoms with Gasteiger partial charge in [-0.3, -0.25) is 4.79 Å². The number of fused-ring (bicyclic) bond motifs is 2. The smallest absolute Gasteiger partial charge is 0.326 e. The molecule has 0 spiro atoms. The maximum absolute atomic E-state index is 12.6. The maximum Gasteiger partial charge on any atom is 0.326 e. The molecule has 5 nitrogen and oxygen atoms in total. The minimum absolute atomic E-state index is 0.156. The number of rotatable bonds is 7. The van der Waals surface area contributed by atoms with E-state index in [9.17, 15) is 14.7 Å². The van der Waals surface area contributed by atoms with Gasteiger partial charge in [-0.05, 0) is 59.8 Å². The Labute approximate surface area is 184 Å². The standard InChI is InChI=1S/C25H24N2O3S/c1-15-9-10-20-18(11-15)12-19(26-20)13-21(25(29)30)27-23(28)14-31-22-8-4-7-17-6-3-5-16(2)24(17)22/h3-12,21,26H,13-14H2,1-2H3,(H,27,28)(H,29,30)/t21-/m1/s1. The molecule has 6 heteroatoms. The van der Waals surface area contributed by atoms with Crippen molar-refractivity contribution in [3.63, 3.8) is 0 Å². The number of aromatic nitrogens is 1. The molecule has 1 heterocycles. The topological polar surface area (TPSA) is 82.2 Å². The number of amides is 1. The predicted octanol–water partition coefficient (Wildman–Crippen LogP) is 4.84. The molecule has 31 heavy (non-hydrogen) atoms. The van der Waals surface area contributed by atoms with E-state index in [0.29, 0.717) is 0 Å². The first-order valence-electron chi connectivity index (χ1n) is 10.1. The second-order valence-corrected chi connectivity index (χ2v) is 8.78. The highest BCUT2D eigenvalue weighted by molar-refractivity contribution is 8.00. The molecule has 0 radical (unpaired) electrons. The first kappa shape index (κ1) is 21.0. The monoisotopic (exact) mass is 432 g/mol. The largest absolute Gasteiger partial charge is 0.480 e. The van der Waals surface area contributed by atoms with Crippen molar-refractivity contribution in [3.8, 4) is 0 Å². The number of H-pyrrole nitrogens is 1. The van der Waals surface area contributed by atoms with Crippen molar-refractivity contribution < 1.29 is 14.7 Å². The van der Waals surface area contributed by atoms with Crippen molar-refractivity contribution in [2.24, 2.45) is 0 Å². The fourth-order valence-corrected chi connectivity index (χ4v) is 4.80. The summed E-state index contributed by atoms with van der Waals surface area (Å²) in [5.41, 5.74) is 4.03. The summed E-state index contributed by atoms with van der Waals surface area (Å²) in [4.78, 5) is 28.6. The lowest BCUT2D eigenvalue weighted by Crippen LogP contribution is -2.43. The lowest BCUT2D eigenvalue weighted by atomic mass is 10.1. The summed E-state index contributed by atoms with van der Waals surface area (Å²) >= 11 is 1.42. The van der Waals surface area contributed by atoms with Gasteiger partial charge in [-0.1, -0.05) is 42.0 Å². The molecule has 0 aliphatic rings. The van der Waals surface area contributed by atoms with E-state index < -0.39 is 12.0 Å². The van der Waals surface area contributed by atoms with Gasteiger partial charge in [0.05, 0.1) is 5.75 Å². The molecule has 0 bridgehead atoms. The highest BCUT2D eigenvalue weighted by Gasteiger charge is 2.21. The molecule has 0 aliphatic carbocycles. The Kier molecular flexibility index (Phi) is 6.00. The second kappa shape index (κ2) is 8.86. The fourth-order valence-electron chi connectivity index (χ4n) is 3.83. The van der Waals surface area contributed by atoms with E-state index in [-0.39, 0.29) is 18.1 Å². The Hall–Kier alpha value is -3.25. The molecule has 0 unspecified atom stereocenters. The average Bonchev–Trinajstić information content (AvgIpc) is 3.13. The van der Waals surface area contributed by atoms with Gasteiger partial charge in [0, 0.05) is 22.5 Å². The van der Waals surface area contributed by atoms with E-state index in [1.807, 2.05) is 49.4 Å². The third kappa shape index (κ3) is 4.75. The molecule has 4 rings (SSSR count). The van der Waals surface area contributed by atoms with E-state index in [1.165, 1.54) is 11.8 Å². The Morgan fingerprint density at radius 1 is 1.03 bits per heavy atom. The molecule has 1 aromatic heterocycles. The molecule has 1 amide bonds. The van der Waals surface area contributed by atoms with Crippen LogP contribution in [0.3, 0.4) is 0 Å². The average molecular weight is 433 g/mol. The van der Waals surface area contributed by atoms with Gasteiger partial charge in [-0.25, -0.2) is 4.79 Å². The Balaban J connectivity index is 1.44. The van der Waals surface area contributed by atoms with Crippen molar-refractivity contribution in [2.75, 3.05) is 5.75 Å². The Morgan fingerprint density at radius 2 is 1.81 bits per heavy atom. The van der Waals surface area contributed by atoms with Crippen LogP contribution in [-0.4, -0.2) is 33.8 Å². The van der Waals surface area contributed by atoms with Gasteiger partial charge < -0.3 is 15.4 Å². The molecule has 0 fully saturated rings. The molecule has 0 saturated carbocycles. The molecular formula is C25H24N2O3S. The molecule has 158 valence electrons. The number of carboxylic acids is 1. The number of aryl methyl sites for hydroxylation is 2. The van der Waals surface area contributed by atoms with Gasteiger partial charge in [0.2, 0.25) is 5.91 Å². The summed E-state index contributed by atoms with van der Waals surface area (Å²) in [5, 5.41) is 15.6. The van der Waals surface area contributed by atoms with Crippen LogP contribution in [0.2, 0.25) is 0 Å². The van der Waals surface area contributed by atoms with E-state index in [2.05, 4.69) is 35.4 Å². The summed E-state index contributed by atoms with van der Waals surface area (Å²) in [6, 6.07) is 19.1. The van der Waals surface area contributed by atoms with Gasteiger partial charge >= 0.3 is 5.97 Å². The third-order valence-corrected chi connectivity index (χ3v) is 6.38. The SMILES string of the molecule is Cc1ccc2[nH]c(C[C@@H](NC(=O)CSc3cccc4cccc(C)c34)C(=O)O)cc2c1. The summed E-state index contributed by atoms with van der Waals surface area (Å²) in [7, 11) is 0. The van der Waals surface area contributed by atoms with Gasteiger partial charge in [-0.15, -0.1) is 11.8 Å². The number of nitrogens with one attached hydrogen (secondary N) is 2.